The molecule has 0 fully saturated rings. The molecule has 0 aliphatic carbocycles. The molecule has 100 valence electrons. The van der Waals surface area contributed by atoms with Gasteiger partial charge in [0.25, 0.3) is 0 Å². The molecule has 0 aromatic carbocycles. The zero-order valence-corrected chi connectivity index (χ0v) is 10.7. The number of hydrogen-bond donors (Lipinski definition) is 2. The Bertz CT molecular complexity index is 362. The summed E-state index contributed by atoms with van der Waals surface area (Å²) in [5.74, 6) is -0.0262. The van der Waals surface area contributed by atoms with Crippen molar-refractivity contribution in [1.29, 1.82) is 0 Å². The third-order valence-electron chi connectivity index (χ3n) is 2.43. The number of amides is 2. The second-order valence-electron chi connectivity index (χ2n) is 4.09. The van der Waals surface area contributed by atoms with Gasteiger partial charge in [0.15, 0.2) is 0 Å². The average Bonchev–Trinajstić information content (AvgIpc) is 2.83. The van der Waals surface area contributed by atoms with Gasteiger partial charge in [-0.15, -0.1) is 0 Å². The van der Waals surface area contributed by atoms with Gasteiger partial charge in [-0.3, -0.25) is 9.59 Å². The highest BCUT2D eigenvalue weighted by Gasteiger charge is 2.00. The second kappa shape index (κ2) is 8.27. The predicted octanol–water partition coefficient (Wildman–Crippen LogP) is 0.306. The van der Waals surface area contributed by atoms with Crippen molar-refractivity contribution >= 4 is 11.8 Å². The summed E-state index contributed by atoms with van der Waals surface area (Å²) in [6, 6.07) is 0. The van der Waals surface area contributed by atoms with Gasteiger partial charge in [-0.05, 0) is 12.8 Å². The van der Waals surface area contributed by atoms with E-state index in [0.717, 1.165) is 13.0 Å². The van der Waals surface area contributed by atoms with Gasteiger partial charge in [0.05, 0.1) is 6.33 Å². The third-order valence-corrected chi connectivity index (χ3v) is 2.43. The standard InChI is InChI=1S/C12H20N4O2/c1-11(17)14-5-2-4-12(18)15-6-3-8-16-9-7-13-10-16/h7,9-10H,2-6,8H2,1H3,(H,14,17)(H,15,18). The highest BCUT2D eigenvalue weighted by Crippen LogP contribution is 1.91. The van der Waals surface area contributed by atoms with Crippen molar-refractivity contribution < 1.29 is 9.59 Å². The fourth-order valence-electron chi connectivity index (χ4n) is 1.51. The van der Waals surface area contributed by atoms with E-state index in [1.807, 2.05) is 10.8 Å². The van der Waals surface area contributed by atoms with Crippen molar-refractivity contribution in [1.82, 2.24) is 20.2 Å². The van der Waals surface area contributed by atoms with Gasteiger partial charge in [0.1, 0.15) is 0 Å². The maximum Gasteiger partial charge on any atom is 0.220 e. The molecule has 18 heavy (non-hydrogen) atoms. The minimum absolute atomic E-state index is 0.0333. The molecule has 1 aromatic rings. The first-order valence-electron chi connectivity index (χ1n) is 6.15. The minimum atomic E-state index is -0.0595. The maximum absolute atomic E-state index is 11.4. The van der Waals surface area contributed by atoms with Crippen LogP contribution in [0.15, 0.2) is 18.7 Å². The van der Waals surface area contributed by atoms with Crippen molar-refractivity contribution in [2.45, 2.75) is 32.7 Å². The molecule has 0 spiro atoms. The average molecular weight is 252 g/mol. The SMILES string of the molecule is CC(=O)NCCCC(=O)NCCCn1ccnc1. The van der Waals surface area contributed by atoms with E-state index in [0.29, 0.717) is 25.9 Å². The molecule has 1 aromatic heterocycles. The van der Waals surface area contributed by atoms with Crippen LogP contribution in [-0.2, 0) is 16.1 Å². The van der Waals surface area contributed by atoms with Gasteiger partial charge in [0.2, 0.25) is 11.8 Å². The van der Waals surface area contributed by atoms with Crippen LogP contribution in [0.1, 0.15) is 26.2 Å². The van der Waals surface area contributed by atoms with Crippen LogP contribution in [0.3, 0.4) is 0 Å². The summed E-state index contributed by atoms with van der Waals surface area (Å²) in [6.45, 7) is 3.54. The number of carbonyl (C=O) groups is 2. The molecule has 2 amide bonds. The Morgan fingerprint density at radius 1 is 1.22 bits per heavy atom. The monoisotopic (exact) mass is 252 g/mol. The lowest BCUT2D eigenvalue weighted by Crippen LogP contribution is -2.27. The molecular weight excluding hydrogens is 232 g/mol. The predicted molar refractivity (Wildman–Crippen MR) is 67.8 cm³/mol. The van der Waals surface area contributed by atoms with Crippen molar-refractivity contribution in [3.05, 3.63) is 18.7 Å². The van der Waals surface area contributed by atoms with Crippen LogP contribution in [0.25, 0.3) is 0 Å². The van der Waals surface area contributed by atoms with Gasteiger partial charge in [-0.25, -0.2) is 4.98 Å². The second-order valence-corrected chi connectivity index (χ2v) is 4.09. The number of carbonyl (C=O) groups excluding carboxylic acids is 2. The quantitative estimate of drug-likeness (QED) is 0.654. The maximum atomic E-state index is 11.4. The van der Waals surface area contributed by atoms with Crippen LogP contribution in [0, 0.1) is 0 Å². The fourth-order valence-corrected chi connectivity index (χ4v) is 1.51. The fraction of sp³-hybridized carbons (Fsp3) is 0.583. The summed E-state index contributed by atoms with van der Waals surface area (Å²) in [6.07, 6.45) is 7.40. The summed E-state index contributed by atoms with van der Waals surface area (Å²) >= 11 is 0. The molecule has 0 aliphatic rings. The molecular formula is C12H20N4O2. The summed E-state index contributed by atoms with van der Waals surface area (Å²) in [5.41, 5.74) is 0. The Morgan fingerprint density at radius 2 is 2.00 bits per heavy atom. The molecule has 0 bridgehead atoms. The molecule has 0 saturated carbocycles. The summed E-state index contributed by atoms with van der Waals surface area (Å²) in [5, 5.41) is 5.51. The first-order chi connectivity index (χ1) is 8.68. The van der Waals surface area contributed by atoms with Crippen LogP contribution >= 0.6 is 0 Å². The van der Waals surface area contributed by atoms with E-state index in [1.54, 1.807) is 12.5 Å². The number of nitrogens with one attached hydrogen (secondary N) is 2. The van der Waals surface area contributed by atoms with Crippen LogP contribution < -0.4 is 10.6 Å². The number of nitrogens with zero attached hydrogens (tertiary/aromatic N) is 2. The van der Waals surface area contributed by atoms with Crippen LogP contribution in [-0.4, -0.2) is 34.5 Å². The number of imidazole rings is 1. The molecule has 0 radical (unpaired) electrons. The van der Waals surface area contributed by atoms with Gasteiger partial charge < -0.3 is 15.2 Å². The highest BCUT2D eigenvalue weighted by atomic mass is 16.2. The first kappa shape index (κ1) is 14.2. The van der Waals surface area contributed by atoms with E-state index in [2.05, 4.69) is 15.6 Å². The van der Waals surface area contributed by atoms with Crippen LogP contribution in [0.2, 0.25) is 0 Å². The minimum Gasteiger partial charge on any atom is -0.356 e. The van der Waals surface area contributed by atoms with Crippen molar-refractivity contribution in [2.24, 2.45) is 0 Å². The van der Waals surface area contributed by atoms with Crippen molar-refractivity contribution in [3.8, 4) is 0 Å². The zero-order valence-electron chi connectivity index (χ0n) is 10.7. The molecule has 1 heterocycles. The Kier molecular flexibility index (Phi) is 6.53. The summed E-state index contributed by atoms with van der Waals surface area (Å²) < 4.78 is 1.98. The number of hydrogen-bond acceptors (Lipinski definition) is 3. The normalized spacial score (nSPS) is 10.1. The van der Waals surface area contributed by atoms with Gasteiger partial charge in [0, 0.05) is 45.4 Å². The Morgan fingerprint density at radius 3 is 2.67 bits per heavy atom. The van der Waals surface area contributed by atoms with E-state index < -0.39 is 0 Å². The molecule has 6 heteroatoms. The highest BCUT2D eigenvalue weighted by molar-refractivity contribution is 5.76. The molecule has 0 atom stereocenters. The first-order valence-corrected chi connectivity index (χ1v) is 6.15. The Hall–Kier alpha value is -1.85. The molecule has 2 N–H and O–H groups in total. The molecule has 6 nitrogen and oxygen atoms in total. The van der Waals surface area contributed by atoms with E-state index >= 15 is 0 Å². The lowest BCUT2D eigenvalue weighted by atomic mass is 10.3. The number of aryl methyl sites for hydroxylation is 1. The molecule has 0 unspecified atom stereocenters. The van der Waals surface area contributed by atoms with Crippen LogP contribution in [0.5, 0.6) is 0 Å². The number of aromatic nitrogens is 2. The van der Waals surface area contributed by atoms with E-state index in [4.69, 9.17) is 0 Å². The van der Waals surface area contributed by atoms with Crippen molar-refractivity contribution in [2.75, 3.05) is 13.1 Å². The topological polar surface area (TPSA) is 76.0 Å². The lowest BCUT2D eigenvalue weighted by Gasteiger charge is -2.06. The molecule has 0 aliphatic heterocycles. The van der Waals surface area contributed by atoms with Gasteiger partial charge in [-0.1, -0.05) is 0 Å². The van der Waals surface area contributed by atoms with E-state index in [-0.39, 0.29) is 11.8 Å². The van der Waals surface area contributed by atoms with Crippen molar-refractivity contribution in [3.63, 3.8) is 0 Å². The summed E-state index contributed by atoms with van der Waals surface area (Å²) in [7, 11) is 0. The van der Waals surface area contributed by atoms with Crippen LogP contribution in [0.4, 0.5) is 0 Å². The Balaban J connectivity index is 1.95. The molecule has 1 rings (SSSR count). The zero-order chi connectivity index (χ0) is 13.2. The smallest absolute Gasteiger partial charge is 0.220 e. The van der Waals surface area contributed by atoms with E-state index in [9.17, 15) is 9.59 Å². The Labute approximate surface area is 107 Å². The van der Waals surface area contributed by atoms with Gasteiger partial charge >= 0.3 is 0 Å². The van der Waals surface area contributed by atoms with Gasteiger partial charge in [-0.2, -0.15) is 0 Å². The lowest BCUT2D eigenvalue weighted by molar-refractivity contribution is -0.122. The van der Waals surface area contributed by atoms with E-state index in [1.165, 1.54) is 6.92 Å². The molecule has 0 saturated heterocycles. The third kappa shape index (κ3) is 6.67. The summed E-state index contributed by atoms with van der Waals surface area (Å²) in [4.78, 5) is 25.9. The largest absolute Gasteiger partial charge is 0.356 e. The number of rotatable bonds is 8.